The number of hydrogen-bond donors (Lipinski definition) is 2. The Morgan fingerprint density at radius 1 is 0.963 bits per heavy atom. The molecule has 0 saturated heterocycles. The van der Waals surface area contributed by atoms with Gasteiger partial charge in [-0.1, -0.05) is 41.9 Å². The summed E-state index contributed by atoms with van der Waals surface area (Å²) in [5.41, 5.74) is 6.55. The molecule has 0 radical (unpaired) electrons. The van der Waals surface area contributed by atoms with E-state index in [0.29, 0.717) is 21.7 Å². The first-order valence-corrected chi connectivity index (χ1v) is 7.72. The monoisotopic (exact) mass is 424 g/mol. The lowest BCUT2D eigenvalue weighted by molar-refractivity contribution is -0.134. The molecule has 0 aliphatic rings. The first-order valence-electron chi connectivity index (χ1n) is 7.34. The second kappa shape index (κ2) is 9.87. The Labute approximate surface area is 172 Å². The molecule has 9 heteroatoms. The van der Waals surface area contributed by atoms with Crippen molar-refractivity contribution in [2.24, 2.45) is 5.73 Å². The largest absolute Gasteiger partial charge is 0.361 e. The fraction of sp³-hybridized carbons (Fsp3) is 0. The number of anilines is 1. The Morgan fingerprint density at radius 3 is 2.30 bits per heavy atom. The molecule has 27 heavy (non-hydrogen) atoms. The first kappa shape index (κ1) is 22.4. The van der Waals surface area contributed by atoms with E-state index in [2.05, 4.69) is 15.3 Å². The molecule has 140 valence electrons. The van der Waals surface area contributed by atoms with Crippen LogP contribution in [0.1, 0.15) is 11.4 Å². The standard InChI is InChI=1S/C18H13ClN4O2.2ClH/c19-12-8-5-11(6-9-12)7-10-15-21-14-4-2-1-3-13(14)17(22-15)23-18(25)16(20)24;;/h1-10H,(H2,20,24)(H,21,22,23,25);2*1H. The van der Waals surface area contributed by atoms with Gasteiger partial charge in [0.1, 0.15) is 5.82 Å². The third kappa shape index (κ3) is 5.65. The average molecular weight is 426 g/mol. The molecule has 1 heterocycles. The lowest BCUT2D eigenvalue weighted by Crippen LogP contribution is -2.30. The van der Waals surface area contributed by atoms with Crippen molar-refractivity contribution in [2.45, 2.75) is 0 Å². The van der Waals surface area contributed by atoms with Crippen molar-refractivity contribution < 1.29 is 9.59 Å². The summed E-state index contributed by atoms with van der Waals surface area (Å²) in [4.78, 5) is 31.3. The van der Waals surface area contributed by atoms with Crippen LogP contribution in [0.2, 0.25) is 5.02 Å². The van der Waals surface area contributed by atoms with Gasteiger partial charge in [0, 0.05) is 10.4 Å². The molecule has 2 amide bonds. The van der Waals surface area contributed by atoms with Gasteiger partial charge in [-0.2, -0.15) is 0 Å². The van der Waals surface area contributed by atoms with Crippen molar-refractivity contribution in [3.05, 3.63) is 64.9 Å². The smallest absolute Gasteiger partial charge is 0.314 e. The number of hydrogen-bond acceptors (Lipinski definition) is 4. The van der Waals surface area contributed by atoms with E-state index in [1.54, 1.807) is 36.4 Å². The third-order valence-electron chi connectivity index (χ3n) is 3.37. The van der Waals surface area contributed by atoms with Crippen LogP contribution in [0.15, 0.2) is 48.5 Å². The van der Waals surface area contributed by atoms with Crippen molar-refractivity contribution in [3.8, 4) is 0 Å². The zero-order valence-corrected chi connectivity index (χ0v) is 16.1. The Bertz CT molecular complexity index is 992. The predicted molar refractivity (Wildman–Crippen MR) is 112 cm³/mol. The van der Waals surface area contributed by atoms with E-state index in [1.165, 1.54) is 0 Å². The topological polar surface area (TPSA) is 98.0 Å². The quantitative estimate of drug-likeness (QED) is 0.625. The van der Waals surface area contributed by atoms with Crippen LogP contribution in [-0.4, -0.2) is 21.8 Å². The molecule has 0 atom stereocenters. The number of aromatic nitrogens is 2. The summed E-state index contributed by atoms with van der Waals surface area (Å²) in [5.74, 6) is -1.41. The average Bonchev–Trinajstić information content (AvgIpc) is 2.61. The Kier molecular flexibility index (Phi) is 8.18. The zero-order chi connectivity index (χ0) is 17.8. The maximum atomic E-state index is 11.6. The number of nitrogens with one attached hydrogen (secondary N) is 1. The molecule has 0 aliphatic heterocycles. The fourth-order valence-electron chi connectivity index (χ4n) is 2.18. The van der Waals surface area contributed by atoms with Crippen molar-refractivity contribution in [2.75, 3.05) is 5.32 Å². The number of para-hydroxylation sites is 1. The third-order valence-corrected chi connectivity index (χ3v) is 3.62. The maximum Gasteiger partial charge on any atom is 0.314 e. The number of fused-ring (bicyclic) bond motifs is 1. The summed E-state index contributed by atoms with van der Waals surface area (Å²) in [7, 11) is 0. The summed E-state index contributed by atoms with van der Waals surface area (Å²) in [5, 5.41) is 3.67. The second-order valence-electron chi connectivity index (χ2n) is 5.15. The van der Waals surface area contributed by atoms with Crippen LogP contribution in [0.4, 0.5) is 5.82 Å². The van der Waals surface area contributed by atoms with Gasteiger partial charge in [0.15, 0.2) is 5.82 Å². The number of primary amides is 1. The van der Waals surface area contributed by atoms with Crippen LogP contribution >= 0.6 is 36.4 Å². The fourth-order valence-corrected chi connectivity index (χ4v) is 2.30. The number of amides is 2. The van der Waals surface area contributed by atoms with E-state index in [9.17, 15) is 9.59 Å². The molecule has 6 nitrogen and oxygen atoms in total. The highest BCUT2D eigenvalue weighted by Crippen LogP contribution is 2.21. The molecular formula is C18H15Cl3N4O2. The van der Waals surface area contributed by atoms with Crippen LogP contribution in [0.3, 0.4) is 0 Å². The lowest BCUT2D eigenvalue weighted by Gasteiger charge is -2.07. The van der Waals surface area contributed by atoms with Gasteiger partial charge in [-0.3, -0.25) is 9.59 Å². The highest BCUT2D eigenvalue weighted by Gasteiger charge is 2.13. The normalized spacial score (nSPS) is 10.1. The van der Waals surface area contributed by atoms with E-state index in [-0.39, 0.29) is 30.6 Å². The van der Waals surface area contributed by atoms with Gasteiger partial charge in [0.25, 0.3) is 0 Å². The van der Waals surface area contributed by atoms with Crippen molar-refractivity contribution in [1.82, 2.24) is 9.97 Å². The number of halogens is 3. The van der Waals surface area contributed by atoms with Crippen LogP contribution in [0.25, 0.3) is 23.1 Å². The zero-order valence-electron chi connectivity index (χ0n) is 13.8. The molecule has 0 unspecified atom stereocenters. The number of carbonyl (C=O) groups excluding carboxylic acids is 2. The summed E-state index contributed by atoms with van der Waals surface area (Å²) in [6.07, 6.45) is 3.52. The van der Waals surface area contributed by atoms with Crippen LogP contribution in [0, 0.1) is 0 Å². The van der Waals surface area contributed by atoms with Crippen molar-refractivity contribution in [3.63, 3.8) is 0 Å². The Morgan fingerprint density at radius 2 is 1.63 bits per heavy atom. The van der Waals surface area contributed by atoms with Crippen molar-refractivity contribution in [1.29, 1.82) is 0 Å². The molecule has 1 aromatic heterocycles. The van der Waals surface area contributed by atoms with Crippen LogP contribution in [0.5, 0.6) is 0 Å². The summed E-state index contributed by atoms with van der Waals surface area (Å²) in [6, 6.07) is 14.4. The number of nitrogens with two attached hydrogens (primary N) is 1. The Balaban J connectivity index is 0.00000182. The molecule has 0 fully saturated rings. The molecule has 3 N–H and O–H groups in total. The first-order chi connectivity index (χ1) is 12.0. The second-order valence-corrected chi connectivity index (χ2v) is 5.59. The van der Waals surface area contributed by atoms with Gasteiger partial charge in [-0.25, -0.2) is 9.97 Å². The SMILES string of the molecule is Cl.Cl.NC(=O)C(=O)Nc1nc(C=Cc2ccc(Cl)cc2)nc2ccccc12. The minimum Gasteiger partial charge on any atom is -0.361 e. The highest BCUT2D eigenvalue weighted by molar-refractivity contribution is 6.39. The number of benzene rings is 2. The molecule has 2 aromatic carbocycles. The van der Waals surface area contributed by atoms with Crippen LogP contribution < -0.4 is 11.1 Å². The number of nitrogens with zero attached hydrogens (tertiary/aromatic N) is 2. The molecule has 0 aliphatic carbocycles. The van der Waals surface area contributed by atoms with E-state index in [4.69, 9.17) is 17.3 Å². The predicted octanol–water partition coefficient (Wildman–Crippen LogP) is 3.72. The van der Waals surface area contributed by atoms with E-state index in [1.807, 2.05) is 24.3 Å². The highest BCUT2D eigenvalue weighted by atomic mass is 35.5. The van der Waals surface area contributed by atoms with Gasteiger partial charge < -0.3 is 11.1 Å². The molecule has 3 aromatic rings. The molecule has 0 bridgehead atoms. The van der Waals surface area contributed by atoms with E-state index in [0.717, 1.165) is 5.56 Å². The van der Waals surface area contributed by atoms with Crippen LogP contribution in [-0.2, 0) is 9.59 Å². The van der Waals surface area contributed by atoms with Gasteiger partial charge in [0.2, 0.25) is 0 Å². The summed E-state index contributed by atoms with van der Waals surface area (Å²) in [6.45, 7) is 0. The van der Waals surface area contributed by atoms with Crippen molar-refractivity contribution >= 4 is 77.1 Å². The van der Waals surface area contributed by atoms with Gasteiger partial charge in [-0.15, -0.1) is 24.8 Å². The lowest BCUT2D eigenvalue weighted by atomic mass is 10.2. The number of carbonyl (C=O) groups is 2. The minimum absolute atomic E-state index is 0. The van der Waals surface area contributed by atoms with E-state index < -0.39 is 11.8 Å². The Hall–Kier alpha value is -2.67. The number of rotatable bonds is 3. The van der Waals surface area contributed by atoms with Gasteiger partial charge >= 0.3 is 11.8 Å². The minimum atomic E-state index is -1.08. The molecule has 0 spiro atoms. The van der Waals surface area contributed by atoms with Gasteiger partial charge in [-0.05, 0) is 35.9 Å². The molecule has 3 rings (SSSR count). The van der Waals surface area contributed by atoms with E-state index >= 15 is 0 Å². The summed E-state index contributed by atoms with van der Waals surface area (Å²) < 4.78 is 0. The molecule has 0 saturated carbocycles. The summed E-state index contributed by atoms with van der Waals surface area (Å²) >= 11 is 5.86. The van der Waals surface area contributed by atoms with Gasteiger partial charge in [0.05, 0.1) is 5.52 Å². The molecular weight excluding hydrogens is 411 g/mol. The maximum absolute atomic E-state index is 11.6.